The van der Waals surface area contributed by atoms with E-state index in [0.29, 0.717) is 24.4 Å². The van der Waals surface area contributed by atoms with Gasteiger partial charge in [0.25, 0.3) is 10.0 Å². The van der Waals surface area contributed by atoms with Gasteiger partial charge in [0.2, 0.25) is 0 Å². The third-order valence-electron chi connectivity index (χ3n) is 3.75. The summed E-state index contributed by atoms with van der Waals surface area (Å²) in [7, 11) is -2.26. The third kappa shape index (κ3) is 4.99. The number of carbonyl (C=O) groups is 1. The van der Waals surface area contributed by atoms with Crippen LogP contribution in [0.15, 0.2) is 29.7 Å². The van der Waals surface area contributed by atoms with Crippen molar-refractivity contribution in [1.29, 1.82) is 0 Å². The largest absolute Gasteiger partial charge is 0.497 e. The van der Waals surface area contributed by atoms with Crippen molar-refractivity contribution in [3.8, 4) is 5.75 Å². The van der Waals surface area contributed by atoms with E-state index in [1.807, 2.05) is 0 Å². The van der Waals surface area contributed by atoms with Crippen LogP contribution in [-0.2, 0) is 10.0 Å². The molecule has 0 aliphatic carbocycles. The predicted molar refractivity (Wildman–Crippen MR) is 89.5 cm³/mol. The molecule has 1 aromatic carbocycles. The van der Waals surface area contributed by atoms with E-state index in [4.69, 9.17) is 4.74 Å². The van der Waals surface area contributed by atoms with Crippen molar-refractivity contribution in [2.24, 2.45) is 0 Å². The van der Waals surface area contributed by atoms with Gasteiger partial charge in [0.1, 0.15) is 5.75 Å². The van der Waals surface area contributed by atoms with Crippen LogP contribution in [0.5, 0.6) is 5.75 Å². The molecule has 1 heterocycles. The van der Waals surface area contributed by atoms with Gasteiger partial charge >= 0.3 is 6.03 Å². The highest BCUT2D eigenvalue weighted by Crippen LogP contribution is 2.19. The number of nitrogens with one attached hydrogen (secondary N) is 1. The average Bonchev–Trinajstić information content (AvgIpc) is 2.54. The molecule has 1 aromatic rings. The number of allylic oxidation sites excluding steroid dienone is 1. The number of methoxy groups -OCH3 is 1. The Morgan fingerprint density at radius 1 is 1.17 bits per heavy atom. The molecule has 1 aliphatic rings. The number of amides is 2. The fourth-order valence-electron chi connectivity index (χ4n) is 2.47. The number of hydrogen-bond donors (Lipinski definition) is 1. The number of sulfonamides is 1. The van der Waals surface area contributed by atoms with E-state index in [0.717, 1.165) is 30.2 Å². The summed E-state index contributed by atoms with van der Waals surface area (Å²) in [5.74, 6) is 0.697. The maximum absolute atomic E-state index is 12.1. The van der Waals surface area contributed by atoms with Crippen molar-refractivity contribution < 1.29 is 17.9 Å². The molecule has 0 spiro atoms. The maximum Gasteiger partial charge on any atom is 0.331 e. The Bertz CT molecular complexity index is 675. The van der Waals surface area contributed by atoms with Crippen LogP contribution in [-0.4, -0.2) is 39.5 Å². The maximum atomic E-state index is 12.1. The minimum Gasteiger partial charge on any atom is -0.497 e. The van der Waals surface area contributed by atoms with Crippen LogP contribution >= 0.6 is 0 Å². The van der Waals surface area contributed by atoms with E-state index in [1.165, 1.54) is 4.90 Å². The van der Waals surface area contributed by atoms with E-state index in [9.17, 15) is 13.2 Å². The molecule has 0 bridgehead atoms. The lowest BCUT2D eigenvalue weighted by Gasteiger charge is -2.26. The summed E-state index contributed by atoms with van der Waals surface area (Å²) in [5, 5.41) is 1.08. The molecule has 2 rings (SSSR count). The normalized spacial score (nSPS) is 16.1. The second kappa shape index (κ2) is 7.50. The van der Waals surface area contributed by atoms with E-state index >= 15 is 0 Å². The van der Waals surface area contributed by atoms with Gasteiger partial charge in [-0.2, -0.15) is 0 Å². The van der Waals surface area contributed by atoms with Crippen LogP contribution in [0.2, 0.25) is 0 Å². The van der Waals surface area contributed by atoms with Gasteiger partial charge in [0.05, 0.1) is 12.5 Å². The van der Waals surface area contributed by atoms with Crippen LogP contribution in [0.3, 0.4) is 0 Å². The van der Waals surface area contributed by atoms with Crippen molar-refractivity contribution >= 4 is 21.6 Å². The first-order chi connectivity index (χ1) is 10.9. The first-order valence-electron chi connectivity index (χ1n) is 7.56. The van der Waals surface area contributed by atoms with Gasteiger partial charge in [-0.1, -0.05) is 12.1 Å². The number of carbonyl (C=O) groups excluding carboxylic acids is 1. The molecular weight excluding hydrogens is 316 g/mol. The summed E-state index contributed by atoms with van der Waals surface area (Å²) >= 11 is 0. The Balaban J connectivity index is 2.07. The van der Waals surface area contributed by atoms with Gasteiger partial charge < -0.3 is 9.64 Å². The van der Waals surface area contributed by atoms with Crippen LogP contribution in [0, 0.1) is 0 Å². The smallest absolute Gasteiger partial charge is 0.331 e. The average molecular weight is 338 g/mol. The first kappa shape index (κ1) is 17.3. The number of ether oxygens (including phenoxy) is 1. The molecule has 1 saturated heterocycles. The van der Waals surface area contributed by atoms with Gasteiger partial charge in [-0.25, -0.2) is 17.9 Å². The molecule has 7 heteroatoms. The van der Waals surface area contributed by atoms with Crippen molar-refractivity contribution in [2.75, 3.05) is 20.2 Å². The Morgan fingerprint density at radius 2 is 1.78 bits per heavy atom. The summed E-state index contributed by atoms with van der Waals surface area (Å²) < 4.78 is 31.4. The van der Waals surface area contributed by atoms with E-state index in [2.05, 4.69) is 4.72 Å². The number of benzene rings is 1. The topological polar surface area (TPSA) is 75.7 Å². The zero-order chi connectivity index (χ0) is 16.9. The van der Waals surface area contributed by atoms with E-state index in [1.54, 1.807) is 38.3 Å². The summed E-state index contributed by atoms with van der Waals surface area (Å²) in [4.78, 5) is 13.5. The van der Waals surface area contributed by atoms with Gasteiger partial charge in [-0.15, -0.1) is 0 Å². The Kier molecular flexibility index (Phi) is 5.65. The van der Waals surface area contributed by atoms with Crippen molar-refractivity contribution in [2.45, 2.75) is 26.2 Å². The van der Waals surface area contributed by atoms with E-state index < -0.39 is 16.1 Å². The molecule has 0 saturated carbocycles. The highest BCUT2D eigenvalue weighted by atomic mass is 32.2. The molecule has 6 nitrogen and oxygen atoms in total. The molecule has 0 aromatic heterocycles. The lowest BCUT2D eigenvalue weighted by atomic mass is 10.1. The predicted octanol–water partition coefficient (Wildman–Crippen LogP) is 2.58. The minimum absolute atomic E-state index is 0.548. The Morgan fingerprint density at radius 3 is 2.35 bits per heavy atom. The van der Waals surface area contributed by atoms with Crippen LogP contribution in [0.4, 0.5) is 4.79 Å². The molecule has 1 N–H and O–H groups in total. The highest BCUT2D eigenvalue weighted by Gasteiger charge is 2.20. The third-order valence-corrected chi connectivity index (χ3v) is 4.87. The van der Waals surface area contributed by atoms with Crippen LogP contribution < -0.4 is 9.46 Å². The van der Waals surface area contributed by atoms with Gasteiger partial charge in [-0.3, -0.25) is 0 Å². The number of rotatable bonds is 4. The first-order valence-corrected chi connectivity index (χ1v) is 9.10. The summed E-state index contributed by atoms with van der Waals surface area (Å²) in [6.45, 7) is 2.89. The zero-order valence-electron chi connectivity index (χ0n) is 13.4. The molecule has 0 radical (unpaired) electrons. The molecule has 1 aliphatic heterocycles. The standard InChI is InChI=1S/C16H22N2O4S/c1-13(14-6-8-15(22-2)9-7-14)12-23(20,21)17-16(19)18-10-4-3-5-11-18/h6-9,12H,3-5,10-11H2,1-2H3,(H,17,19)/b13-12+. The van der Waals surface area contributed by atoms with Crippen LogP contribution in [0.1, 0.15) is 31.7 Å². The van der Waals surface area contributed by atoms with Gasteiger partial charge in [0.15, 0.2) is 0 Å². The van der Waals surface area contributed by atoms with Crippen molar-refractivity contribution in [3.05, 3.63) is 35.2 Å². The quantitative estimate of drug-likeness (QED) is 0.915. The molecular formula is C16H22N2O4S. The Hall–Kier alpha value is -2.02. The van der Waals surface area contributed by atoms with E-state index in [-0.39, 0.29) is 0 Å². The second-order valence-corrected chi connectivity index (χ2v) is 7.06. The zero-order valence-corrected chi connectivity index (χ0v) is 14.2. The number of urea groups is 1. The molecule has 2 amide bonds. The minimum atomic E-state index is -3.83. The van der Waals surface area contributed by atoms with Crippen molar-refractivity contribution in [3.63, 3.8) is 0 Å². The van der Waals surface area contributed by atoms with Crippen LogP contribution in [0.25, 0.3) is 5.57 Å². The van der Waals surface area contributed by atoms with Gasteiger partial charge in [0, 0.05) is 13.1 Å². The summed E-state index contributed by atoms with van der Waals surface area (Å²) in [6, 6.07) is 6.50. The number of hydrogen-bond acceptors (Lipinski definition) is 4. The number of nitrogens with zero attached hydrogens (tertiary/aromatic N) is 1. The molecule has 0 unspecified atom stereocenters. The SMILES string of the molecule is COc1ccc(/C(C)=C/S(=O)(=O)NC(=O)N2CCCCC2)cc1. The summed E-state index contributed by atoms with van der Waals surface area (Å²) in [6.07, 6.45) is 2.90. The fraction of sp³-hybridized carbons (Fsp3) is 0.438. The molecule has 126 valence electrons. The highest BCUT2D eigenvalue weighted by molar-refractivity contribution is 7.93. The van der Waals surface area contributed by atoms with Crippen molar-refractivity contribution in [1.82, 2.24) is 9.62 Å². The number of piperidine rings is 1. The molecule has 23 heavy (non-hydrogen) atoms. The molecule has 0 atom stereocenters. The second-order valence-electron chi connectivity index (χ2n) is 5.53. The fourth-order valence-corrected chi connectivity index (χ4v) is 3.50. The lowest BCUT2D eigenvalue weighted by molar-refractivity contribution is 0.192. The Labute approximate surface area is 137 Å². The molecule has 1 fully saturated rings. The summed E-state index contributed by atoms with van der Waals surface area (Å²) in [5.41, 5.74) is 1.30. The van der Waals surface area contributed by atoms with Gasteiger partial charge in [-0.05, 0) is 49.5 Å². The monoisotopic (exact) mass is 338 g/mol. The lowest BCUT2D eigenvalue weighted by Crippen LogP contribution is -2.44. The number of likely N-dealkylation sites (tertiary alicyclic amines) is 1.